The van der Waals surface area contributed by atoms with E-state index in [9.17, 15) is 13.2 Å². The fourth-order valence-electron chi connectivity index (χ4n) is 2.57. The number of likely N-dealkylation sites (N-methyl/N-ethyl adjacent to an activating group) is 1. The summed E-state index contributed by atoms with van der Waals surface area (Å²) >= 11 is 0. The third kappa shape index (κ3) is 5.96. The Balaban J connectivity index is 2.09. The summed E-state index contributed by atoms with van der Waals surface area (Å²) in [5, 5.41) is 2.33. The first-order valence-electron chi connectivity index (χ1n) is 9.22. The van der Waals surface area contributed by atoms with E-state index in [0.717, 1.165) is 19.6 Å². The van der Waals surface area contributed by atoms with Crippen LogP contribution in [0.5, 0.6) is 11.5 Å². The molecular weight excluding hydrogens is 398 g/mol. The van der Waals surface area contributed by atoms with E-state index in [-0.39, 0.29) is 10.9 Å². The molecule has 0 saturated heterocycles. The molecule has 0 unspecified atom stereocenters. The second kappa shape index (κ2) is 10.3. The fraction of sp³-hybridized carbons (Fsp3) is 0.421. The zero-order valence-corrected chi connectivity index (χ0v) is 17.8. The van der Waals surface area contributed by atoms with Crippen LogP contribution in [0.2, 0.25) is 0 Å². The van der Waals surface area contributed by atoms with Crippen LogP contribution < -0.4 is 19.5 Å². The van der Waals surface area contributed by atoms with Crippen molar-refractivity contribution in [1.82, 2.24) is 9.62 Å². The number of carbonyl (C=O) groups is 1. The maximum Gasteiger partial charge on any atom is 0.291 e. The van der Waals surface area contributed by atoms with Crippen LogP contribution in [-0.2, 0) is 10.0 Å². The van der Waals surface area contributed by atoms with Gasteiger partial charge in [0, 0.05) is 18.3 Å². The molecule has 0 radical (unpaired) electrons. The van der Waals surface area contributed by atoms with E-state index < -0.39 is 15.9 Å². The molecule has 1 aromatic heterocycles. The van der Waals surface area contributed by atoms with E-state index in [1.807, 2.05) is 0 Å². The molecule has 0 aliphatic carbocycles. The number of rotatable bonds is 11. The number of anilines is 1. The quantitative estimate of drug-likeness (QED) is 0.568. The van der Waals surface area contributed by atoms with Crippen LogP contribution >= 0.6 is 0 Å². The Kier molecular flexibility index (Phi) is 8.06. The van der Waals surface area contributed by atoms with Crippen LogP contribution in [-0.4, -0.2) is 59.6 Å². The lowest BCUT2D eigenvalue weighted by molar-refractivity contribution is 0.0991. The second-order valence-corrected chi connectivity index (χ2v) is 7.84. The lowest BCUT2D eigenvalue weighted by Gasteiger charge is -2.19. The van der Waals surface area contributed by atoms with Crippen LogP contribution in [0.3, 0.4) is 0 Å². The molecule has 1 aromatic carbocycles. The van der Waals surface area contributed by atoms with E-state index >= 15 is 0 Å². The first-order valence-corrected chi connectivity index (χ1v) is 10.7. The van der Waals surface area contributed by atoms with Crippen molar-refractivity contribution in [3.63, 3.8) is 0 Å². The van der Waals surface area contributed by atoms with Gasteiger partial charge >= 0.3 is 0 Å². The summed E-state index contributed by atoms with van der Waals surface area (Å²) in [6.07, 6.45) is 0. The van der Waals surface area contributed by atoms with Gasteiger partial charge in [0.2, 0.25) is 5.09 Å². The van der Waals surface area contributed by atoms with Crippen LogP contribution in [0.4, 0.5) is 5.69 Å². The van der Waals surface area contributed by atoms with Gasteiger partial charge in [-0.3, -0.25) is 4.79 Å². The molecule has 0 fully saturated rings. The van der Waals surface area contributed by atoms with E-state index in [2.05, 4.69) is 28.8 Å². The molecule has 10 heteroatoms. The number of methoxy groups -OCH3 is 1. The van der Waals surface area contributed by atoms with Crippen molar-refractivity contribution >= 4 is 21.6 Å². The fourth-order valence-corrected chi connectivity index (χ4v) is 3.22. The zero-order valence-electron chi connectivity index (χ0n) is 17.0. The van der Waals surface area contributed by atoms with Gasteiger partial charge in [-0.05, 0) is 44.4 Å². The molecule has 1 heterocycles. The van der Waals surface area contributed by atoms with E-state index in [1.54, 1.807) is 18.2 Å². The Morgan fingerprint density at radius 1 is 1.14 bits per heavy atom. The molecule has 2 N–H and O–H groups in total. The highest BCUT2D eigenvalue weighted by Crippen LogP contribution is 2.30. The third-order valence-corrected chi connectivity index (χ3v) is 5.61. The zero-order chi connectivity index (χ0) is 21.4. The lowest BCUT2D eigenvalue weighted by atomic mass is 10.2. The van der Waals surface area contributed by atoms with Gasteiger partial charge in [0.15, 0.2) is 17.3 Å². The third-order valence-electron chi connectivity index (χ3n) is 4.32. The molecule has 0 spiro atoms. The van der Waals surface area contributed by atoms with Crippen molar-refractivity contribution in [1.29, 1.82) is 0 Å². The predicted molar refractivity (Wildman–Crippen MR) is 109 cm³/mol. The summed E-state index contributed by atoms with van der Waals surface area (Å²) in [6.45, 7) is 7.27. The molecule has 1 amide bonds. The molecule has 2 aromatic rings. The van der Waals surface area contributed by atoms with E-state index in [0.29, 0.717) is 23.8 Å². The number of hydrogen-bond donors (Lipinski definition) is 2. The van der Waals surface area contributed by atoms with Crippen molar-refractivity contribution in [3.8, 4) is 11.5 Å². The Bertz CT molecular complexity index is 922. The average Bonchev–Trinajstić information content (AvgIpc) is 3.23. The Labute approximate surface area is 171 Å². The normalized spacial score (nSPS) is 11.5. The number of hydrogen-bond acceptors (Lipinski definition) is 7. The molecule has 0 saturated carbocycles. The predicted octanol–water partition coefficient (Wildman–Crippen LogP) is 2.17. The molecule has 29 heavy (non-hydrogen) atoms. The topological polar surface area (TPSA) is 110 Å². The number of carbonyl (C=O) groups excluding carboxylic acids is 1. The average molecular weight is 426 g/mol. The van der Waals surface area contributed by atoms with Crippen LogP contribution in [0.25, 0.3) is 0 Å². The Morgan fingerprint density at radius 2 is 1.86 bits per heavy atom. The number of nitrogens with one attached hydrogen (secondary N) is 2. The smallest absolute Gasteiger partial charge is 0.291 e. The first kappa shape index (κ1) is 22.7. The highest BCUT2D eigenvalue weighted by Gasteiger charge is 2.20. The van der Waals surface area contributed by atoms with Gasteiger partial charge in [-0.1, -0.05) is 13.8 Å². The highest BCUT2D eigenvalue weighted by atomic mass is 32.2. The second-order valence-electron chi connectivity index (χ2n) is 6.02. The minimum atomic E-state index is -3.76. The summed E-state index contributed by atoms with van der Waals surface area (Å²) < 4.78 is 41.9. The number of ether oxygens (including phenoxy) is 2. The standard InChI is InChI=1S/C19H27N3O6S/c1-5-22(6-2)11-12-27-17-13-14(7-8-15(17)26-4)21-19(23)16-9-10-18(28-16)29(24,25)20-3/h7-10,13,20H,5-6,11-12H2,1-4H3,(H,21,23). The lowest BCUT2D eigenvalue weighted by Crippen LogP contribution is -2.28. The van der Waals surface area contributed by atoms with E-state index in [4.69, 9.17) is 13.9 Å². The highest BCUT2D eigenvalue weighted by molar-refractivity contribution is 7.89. The number of nitrogens with zero attached hydrogens (tertiary/aromatic N) is 1. The van der Waals surface area contributed by atoms with Crippen molar-refractivity contribution in [3.05, 3.63) is 36.1 Å². The number of amides is 1. The molecule has 160 valence electrons. The van der Waals surface area contributed by atoms with Gasteiger partial charge in [-0.2, -0.15) is 0 Å². The maximum atomic E-state index is 12.4. The van der Waals surface area contributed by atoms with Crippen LogP contribution in [0, 0.1) is 0 Å². The molecule has 9 nitrogen and oxygen atoms in total. The van der Waals surface area contributed by atoms with Gasteiger partial charge in [-0.25, -0.2) is 13.1 Å². The number of benzene rings is 1. The monoisotopic (exact) mass is 425 g/mol. The summed E-state index contributed by atoms with van der Waals surface area (Å²) in [6, 6.07) is 7.50. The summed E-state index contributed by atoms with van der Waals surface area (Å²) in [5.41, 5.74) is 0.461. The first-order chi connectivity index (χ1) is 13.8. The largest absolute Gasteiger partial charge is 0.493 e. The number of furan rings is 1. The number of sulfonamides is 1. The molecule has 0 aliphatic rings. The van der Waals surface area contributed by atoms with Gasteiger partial charge in [0.1, 0.15) is 6.61 Å². The summed E-state index contributed by atoms with van der Waals surface area (Å²) in [4.78, 5) is 14.6. The molecular formula is C19H27N3O6S. The van der Waals surface area contributed by atoms with Gasteiger partial charge in [-0.15, -0.1) is 0 Å². The van der Waals surface area contributed by atoms with Crippen molar-refractivity contribution in [2.24, 2.45) is 0 Å². The Hall–Kier alpha value is -2.56. The van der Waals surface area contributed by atoms with Gasteiger partial charge in [0.25, 0.3) is 15.9 Å². The van der Waals surface area contributed by atoms with Crippen molar-refractivity contribution < 1.29 is 27.1 Å². The summed E-state index contributed by atoms with van der Waals surface area (Å²) in [7, 11) is -0.959. The van der Waals surface area contributed by atoms with Gasteiger partial charge < -0.3 is 24.1 Å². The molecule has 2 rings (SSSR count). The minimum absolute atomic E-state index is 0.126. The van der Waals surface area contributed by atoms with Crippen LogP contribution in [0.15, 0.2) is 39.8 Å². The summed E-state index contributed by atoms with van der Waals surface area (Å²) in [5.74, 6) is 0.332. The Morgan fingerprint density at radius 3 is 2.48 bits per heavy atom. The molecule has 0 aliphatic heterocycles. The van der Waals surface area contributed by atoms with Gasteiger partial charge in [0.05, 0.1) is 7.11 Å². The molecule has 0 bridgehead atoms. The minimum Gasteiger partial charge on any atom is -0.493 e. The molecule has 0 atom stereocenters. The maximum absolute atomic E-state index is 12.4. The van der Waals surface area contributed by atoms with Crippen LogP contribution in [0.1, 0.15) is 24.4 Å². The SMILES string of the molecule is CCN(CC)CCOc1cc(NC(=O)c2ccc(S(=O)(=O)NC)o2)ccc1OC. The van der Waals surface area contributed by atoms with Crippen molar-refractivity contribution in [2.45, 2.75) is 18.9 Å². The van der Waals surface area contributed by atoms with E-state index in [1.165, 1.54) is 26.3 Å². The van der Waals surface area contributed by atoms with Crippen molar-refractivity contribution in [2.75, 3.05) is 45.7 Å².